The van der Waals surface area contributed by atoms with Gasteiger partial charge in [0.2, 0.25) is 5.75 Å². The second-order valence-electron chi connectivity index (χ2n) is 16.3. The number of nitrogens with one attached hydrogen (secondary N) is 1. The molecular formula is C56H50N8O4. The van der Waals surface area contributed by atoms with Crippen molar-refractivity contribution in [2.24, 2.45) is 0 Å². The van der Waals surface area contributed by atoms with Crippen LogP contribution >= 0.6 is 0 Å². The summed E-state index contributed by atoms with van der Waals surface area (Å²) in [4.78, 5) is 41.7. The van der Waals surface area contributed by atoms with Crippen molar-refractivity contribution in [2.75, 3.05) is 26.4 Å². The van der Waals surface area contributed by atoms with Crippen molar-refractivity contribution in [2.45, 2.75) is 77.0 Å². The highest BCUT2D eigenvalue weighted by atomic mass is 16.7. The molecule has 7 aromatic rings. The van der Waals surface area contributed by atoms with Gasteiger partial charge in [-0.3, -0.25) is 0 Å². The molecule has 12 heteroatoms. The van der Waals surface area contributed by atoms with E-state index < -0.39 is 0 Å². The lowest BCUT2D eigenvalue weighted by Crippen LogP contribution is -2.13. The fraction of sp³-hybridized carbons (Fsp3) is 0.286. The molecule has 0 saturated carbocycles. The molecule has 1 N–H and O–H groups in total. The molecule has 2 aliphatic rings. The molecule has 0 radical (unpaired) electrons. The number of aromatic amines is 1. The van der Waals surface area contributed by atoms with Crippen molar-refractivity contribution in [1.29, 1.82) is 0 Å². The van der Waals surface area contributed by atoms with Gasteiger partial charge in [-0.25, -0.2) is 29.9 Å². The SMILES string of the molecule is C#CCCCCOc1cc2c3nc4nc(nc5c6ccccc6c(nc6nc(nc([nH]3)c2c(OCCCCC#C)c1OCCCCC#C)-c1ccccc1-6)n5OCCCCC#C)-c1ccccc1-4. The van der Waals surface area contributed by atoms with E-state index >= 15 is 0 Å². The van der Waals surface area contributed by atoms with Crippen molar-refractivity contribution in [3.8, 4) is 112 Å². The number of hydrogen-bond acceptors (Lipinski definition) is 10. The van der Waals surface area contributed by atoms with Crippen LogP contribution in [0.2, 0.25) is 0 Å². The third kappa shape index (κ3) is 9.36. The molecule has 5 heterocycles. The second kappa shape index (κ2) is 21.3. The van der Waals surface area contributed by atoms with Gasteiger partial charge in [0.25, 0.3) is 0 Å². The molecular weight excluding hydrogens is 849 g/mol. The van der Waals surface area contributed by atoms with Gasteiger partial charge in [0.05, 0.1) is 25.2 Å². The highest BCUT2D eigenvalue weighted by molar-refractivity contribution is 6.11. The number of ether oxygens (including phenoxy) is 3. The standard InChI is InChI=1S/C56H50N8O4/c1-5-9-13-23-33-65-45-37-44-46(48(67-35-25-15-11-7-3)47(45)66-34-24-14-10-6-2)54-60-50-39-28-18-20-30-41(39)52(58-50)63-56-43-32-22-21-31-42(43)55(64(56)68-36-26-16-12-8-4)62-51-40-29-19-17-27-38(40)49(57-51)59-53(44)61-54/h1-4,17-22,27-32,37H,9-16,23-26,33-36H2,(H,57,58,59,60,61,62,63). The summed E-state index contributed by atoms with van der Waals surface area (Å²) in [6.07, 6.45) is 31.1. The van der Waals surface area contributed by atoms with Gasteiger partial charge >= 0.3 is 0 Å². The molecule has 0 amide bonds. The Morgan fingerprint density at radius 3 is 1.37 bits per heavy atom. The minimum atomic E-state index is 0.356. The number of H-pyrrole nitrogens is 1. The van der Waals surface area contributed by atoms with Gasteiger partial charge in [0.1, 0.15) is 17.9 Å². The van der Waals surface area contributed by atoms with Crippen LogP contribution in [0.15, 0.2) is 78.9 Å². The van der Waals surface area contributed by atoms with Gasteiger partial charge < -0.3 is 24.0 Å². The average molecular weight is 899 g/mol. The summed E-state index contributed by atoms with van der Waals surface area (Å²) < 4.78 is 21.8. The van der Waals surface area contributed by atoms with E-state index in [0.717, 1.165) is 78.0 Å². The fourth-order valence-corrected chi connectivity index (χ4v) is 8.30. The van der Waals surface area contributed by atoms with E-state index in [9.17, 15) is 0 Å². The predicted molar refractivity (Wildman–Crippen MR) is 268 cm³/mol. The molecule has 8 bridgehead atoms. The average Bonchev–Trinajstić information content (AvgIpc) is 4.08. The molecule has 0 atom stereocenters. The van der Waals surface area contributed by atoms with Crippen LogP contribution in [0.25, 0.3) is 89.7 Å². The van der Waals surface area contributed by atoms with E-state index in [1.54, 1.807) is 4.73 Å². The Labute approximate surface area is 395 Å². The predicted octanol–water partition coefficient (Wildman–Crippen LogP) is 11.1. The molecule has 4 aromatic carbocycles. The normalized spacial score (nSPS) is 11.2. The first-order valence-corrected chi connectivity index (χ1v) is 23.2. The van der Waals surface area contributed by atoms with E-state index in [-0.39, 0.29) is 0 Å². The summed E-state index contributed by atoms with van der Waals surface area (Å²) >= 11 is 0. The number of benzene rings is 4. The van der Waals surface area contributed by atoms with Crippen molar-refractivity contribution in [3.63, 3.8) is 0 Å². The second-order valence-corrected chi connectivity index (χ2v) is 16.3. The Hall–Kier alpha value is -8.32. The third-order valence-corrected chi connectivity index (χ3v) is 11.7. The summed E-state index contributed by atoms with van der Waals surface area (Å²) in [6.45, 7) is 1.51. The maximum atomic E-state index is 6.81. The Morgan fingerprint density at radius 1 is 0.441 bits per heavy atom. The number of rotatable bonds is 20. The van der Waals surface area contributed by atoms with Crippen molar-refractivity contribution in [3.05, 3.63) is 78.9 Å². The molecule has 68 heavy (non-hydrogen) atoms. The lowest BCUT2D eigenvalue weighted by atomic mass is 10.1. The monoisotopic (exact) mass is 898 g/mol. The Kier molecular flexibility index (Phi) is 14.1. The summed E-state index contributed by atoms with van der Waals surface area (Å²) in [5, 5.41) is 2.98. The topological polar surface area (TPSA) is 135 Å². The van der Waals surface area contributed by atoms with Crippen LogP contribution in [0, 0.1) is 49.4 Å². The van der Waals surface area contributed by atoms with Gasteiger partial charge in [-0.2, -0.15) is 0 Å². The molecule has 0 saturated heterocycles. The first-order valence-electron chi connectivity index (χ1n) is 23.2. The van der Waals surface area contributed by atoms with Crippen molar-refractivity contribution in [1.82, 2.24) is 39.6 Å². The smallest absolute Gasteiger partial charge is 0.204 e. The molecule has 0 unspecified atom stereocenters. The zero-order chi connectivity index (χ0) is 46.7. The molecule has 0 aliphatic carbocycles. The highest BCUT2D eigenvalue weighted by Crippen LogP contribution is 2.47. The van der Waals surface area contributed by atoms with Gasteiger partial charge in [-0.05, 0) is 57.4 Å². The van der Waals surface area contributed by atoms with E-state index in [1.807, 2.05) is 78.9 Å². The van der Waals surface area contributed by atoms with E-state index in [4.69, 9.17) is 74.6 Å². The summed E-state index contributed by atoms with van der Waals surface area (Å²) in [5.41, 5.74) is 5.19. The maximum absolute atomic E-state index is 6.81. The van der Waals surface area contributed by atoms with Crippen LogP contribution in [0.5, 0.6) is 17.2 Å². The summed E-state index contributed by atoms with van der Waals surface area (Å²) in [7, 11) is 0. The quantitative estimate of drug-likeness (QED) is 0.0582. The van der Waals surface area contributed by atoms with Crippen LogP contribution in [0.1, 0.15) is 77.0 Å². The molecule has 9 rings (SSSR count). The number of terminal acetylenes is 4. The van der Waals surface area contributed by atoms with E-state index in [2.05, 4.69) is 28.7 Å². The number of hydrogen-bond donors (Lipinski definition) is 1. The van der Waals surface area contributed by atoms with E-state index in [1.165, 1.54) is 0 Å². The van der Waals surface area contributed by atoms with Gasteiger partial charge in [-0.1, -0.05) is 72.8 Å². The minimum absolute atomic E-state index is 0.356. The third-order valence-electron chi connectivity index (χ3n) is 11.7. The zero-order valence-corrected chi connectivity index (χ0v) is 37.9. The number of nitrogens with zero attached hydrogens (tertiary/aromatic N) is 7. The van der Waals surface area contributed by atoms with Gasteiger partial charge in [-0.15, -0.1) is 54.1 Å². The van der Waals surface area contributed by atoms with Crippen LogP contribution in [0.3, 0.4) is 0 Å². The summed E-state index contributed by atoms with van der Waals surface area (Å²) in [6, 6.07) is 25.8. The molecule has 12 nitrogen and oxygen atoms in total. The lowest BCUT2D eigenvalue weighted by molar-refractivity contribution is 0.124. The molecule has 338 valence electrons. The fourth-order valence-electron chi connectivity index (χ4n) is 8.30. The van der Waals surface area contributed by atoms with Crippen molar-refractivity contribution < 1.29 is 19.0 Å². The molecule has 3 aromatic heterocycles. The zero-order valence-electron chi connectivity index (χ0n) is 37.9. The molecule has 2 aliphatic heterocycles. The number of aromatic nitrogens is 8. The number of fused-ring (bicyclic) bond motifs is 20. The highest BCUT2D eigenvalue weighted by Gasteiger charge is 2.27. The van der Waals surface area contributed by atoms with Crippen LogP contribution in [-0.4, -0.2) is 66.0 Å². The summed E-state index contributed by atoms with van der Waals surface area (Å²) in [5.74, 6) is 14.1. The largest absolute Gasteiger partial charge is 0.490 e. The van der Waals surface area contributed by atoms with Gasteiger partial charge in [0, 0.05) is 64.1 Å². The van der Waals surface area contributed by atoms with Crippen LogP contribution in [-0.2, 0) is 0 Å². The van der Waals surface area contributed by atoms with Gasteiger partial charge in [0.15, 0.2) is 46.1 Å². The first-order chi connectivity index (χ1) is 33.6. The van der Waals surface area contributed by atoms with E-state index in [0.29, 0.717) is 132 Å². The Balaban J connectivity index is 1.37. The maximum Gasteiger partial charge on any atom is 0.204 e. The molecule has 0 fully saturated rings. The lowest BCUT2D eigenvalue weighted by Gasteiger charge is -2.18. The number of unbranched alkanes of at least 4 members (excludes halogenated alkanes) is 8. The Bertz CT molecular complexity index is 3340. The Morgan fingerprint density at radius 2 is 0.868 bits per heavy atom. The minimum Gasteiger partial charge on any atom is -0.490 e. The van der Waals surface area contributed by atoms with Crippen LogP contribution in [0.4, 0.5) is 0 Å². The van der Waals surface area contributed by atoms with Crippen molar-refractivity contribution >= 4 is 44.1 Å². The first kappa shape index (κ1) is 44.9. The molecule has 0 spiro atoms. The van der Waals surface area contributed by atoms with Crippen LogP contribution < -0.4 is 19.0 Å².